The predicted octanol–water partition coefficient (Wildman–Crippen LogP) is 2.47. The average molecular weight is 321 g/mol. The molecule has 1 unspecified atom stereocenters. The molecule has 6 nitrogen and oxygen atoms in total. The fraction of sp³-hybridized carbons (Fsp3) is 0.300. The van der Waals surface area contributed by atoms with E-state index >= 15 is 0 Å². The molecule has 0 amide bonds. The number of nitrogens with one attached hydrogen (secondary N) is 1. The molecule has 0 saturated carbocycles. The molecule has 0 fully saturated rings. The molecule has 0 saturated heterocycles. The van der Waals surface area contributed by atoms with Gasteiger partial charge in [0.15, 0.2) is 5.82 Å². The monoisotopic (exact) mass is 320 g/mol. The van der Waals surface area contributed by atoms with Crippen LogP contribution < -0.4 is 5.32 Å². The minimum atomic E-state index is -0.899. The molecule has 98 valence electrons. The Hall–Kier alpha value is -1.70. The van der Waals surface area contributed by atoms with Crippen molar-refractivity contribution in [2.24, 2.45) is 0 Å². The van der Waals surface area contributed by atoms with Gasteiger partial charge in [-0.3, -0.25) is 10.1 Å². The lowest BCUT2D eigenvalue weighted by Gasteiger charge is -2.13. The van der Waals surface area contributed by atoms with Crippen molar-refractivity contribution in [3.63, 3.8) is 0 Å². The van der Waals surface area contributed by atoms with Crippen LogP contribution >= 0.6 is 15.9 Å². The molecule has 0 heterocycles. The van der Waals surface area contributed by atoms with E-state index in [2.05, 4.69) is 26.0 Å². The lowest BCUT2D eigenvalue weighted by atomic mass is 10.2. The summed E-state index contributed by atoms with van der Waals surface area (Å²) in [6.45, 7) is 1.41. The molecule has 0 aliphatic rings. The SMILES string of the molecule is COC(=O)C(C)Nc1c(F)cc(Br)cc1[N+](=O)[O-]. The van der Waals surface area contributed by atoms with Gasteiger partial charge in [0.25, 0.3) is 5.69 Å². The number of nitro benzene ring substituents is 1. The number of rotatable bonds is 4. The van der Waals surface area contributed by atoms with E-state index in [9.17, 15) is 19.3 Å². The number of nitrogens with zero attached hydrogens (tertiary/aromatic N) is 1. The second kappa shape index (κ2) is 5.76. The lowest BCUT2D eigenvalue weighted by Crippen LogP contribution is -2.28. The fourth-order valence-corrected chi connectivity index (χ4v) is 1.72. The largest absolute Gasteiger partial charge is 0.467 e. The zero-order chi connectivity index (χ0) is 13.9. The quantitative estimate of drug-likeness (QED) is 0.523. The molecule has 0 bridgehead atoms. The Balaban J connectivity index is 3.15. The van der Waals surface area contributed by atoms with E-state index in [0.717, 1.165) is 12.1 Å². The molecule has 0 aliphatic heterocycles. The first kappa shape index (κ1) is 14.4. The van der Waals surface area contributed by atoms with E-state index in [1.54, 1.807) is 0 Å². The molecule has 1 rings (SSSR count). The minimum Gasteiger partial charge on any atom is -0.467 e. The maximum Gasteiger partial charge on any atom is 0.327 e. The van der Waals surface area contributed by atoms with Crippen LogP contribution in [0.15, 0.2) is 16.6 Å². The van der Waals surface area contributed by atoms with Gasteiger partial charge in [-0.25, -0.2) is 9.18 Å². The van der Waals surface area contributed by atoms with Crippen LogP contribution in [0.4, 0.5) is 15.8 Å². The van der Waals surface area contributed by atoms with Crippen LogP contribution in [-0.4, -0.2) is 24.0 Å². The van der Waals surface area contributed by atoms with Gasteiger partial charge >= 0.3 is 5.97 Å². The number of hydrogen-bond donors (Lipinski definition) is 1. The molecular weight excluding hydrogens is 311 g/mol. The molecular formula is C10H10BrFN2O4. The van der Waals surface area contributed by atoms with Gasteiger partial charge in [-0.05, 0) is 13.0 Å². The first-order chi connectivity index (χ1) is 8.36. The number of carbonyl (C=O) groups is 1. The molecule has 1 aromatic carbocycles. The van der Waals surface area contributed by atoms with Gasteiger partial charge in [0.05, 0.1) is 12.0 Å². The number of halogens is 2. The number of carbonyl (C=O) groups excluding carboxylic acids is 1. The zero-order valence-corrected chi connectivity index (χ0v) is 11.2. The number of nitro groups is 1. The highest BCUT2D eigenvalue weighted by Gasteiger charge is 2.23. The molecule has 1 aromatic rings. The van der Waals surface area contributed by atoms with Crippen molar-refractivity contribution in [3.8, 4) is 0 Å². The van der Waals surface area contributed by atoms with Crippen LogP contribution in [0.3, 0.4) is 0 Å². The highest BCUT2D eigenvalue weighted by Crippen LogP contribution is 2.31. The second-order valence-electron chi connectivity index (χ2n) is 3.43. The van der Waals surface area contributed by atoms with E-state index in [1.165, 1.54) is 14.0 Å². The van der Waals surface area contributed by atoms with E-state index < -0.39 is 28.4 Å². The number of benzene rings is 1. The zero-order valence-electron chi connectivity index (χ0n) is 9.57. The van der Waals surface area contributed by atoms with Gasteiger partial charge in [0.1, 0.15) is 11.7 Å². The van der Waals surface area contributed by atoms with Gasteiger partial charge in [0.2, 0.25) is 0 Å². The van der Waals surface area contributed by atoms with Crippen LogP contribution in [0.2, 0.25) is 0 Å². The summed E-state index contributed by atoms with van der Waals surface area (Å²) in [6.07, 6.45) is 0. The molecule has 1 atom stereocenters. The number of anilines is 1. The highest BCUT2D eigenvalue weighted by molar-refractivity contribution is 9.10. The van der Waals surface area contributed by atoms with E-state index in [-0.39, 0.29) is 10.2 Å². The first-order valence-electron chi connectivity index (χ1n) is 4.84. The van der Waals surface area contributed by atoms with Crippen molar-refractivity contribution in [1.29, 1.82) is 0 Å². The Morgan fingerprint density at radius 1 is 1.61 bits per heavy atom. The topological polar surface area (TPSA) is 81.5 Å². The third-order valence-corrected chi connectivity index (χ3v) is 2.60. The normalized spacial score (nSPS) is 11.8. The Labute approximate surface area is 110 Å². The maximum absolute atomic E-state index is 13.6. The number of hydrogen-bond acceptors (Lipinski definition) is 5. The third-order valence-electron chi connectivity index (χ3n) is 2.15. The van der Waals surface area contributed by atoms with E-state index in [0.29, 0.717) is 0 Å². The third kappa shape index (κ3) is 3.16. The number of methoxy groups -OCH3 is 1. The van der Waals surface area contributed by atoms with Gasteiger partial charge in [-0.2, -0.15) is 0 Å². The van der Waals surface area contributed by atoms with Crippen LogP contribution in [0.5, 0.6) is 0 Å². The summed E-state index contributed by atoms with van der Waals surface area (Å²) < 4.78 is 18.3. The molecule has 18 heavy (non-hydrogen) atoms. The predicted molar refractivity (Wildman–Crippen MR) is 65.9 cm³/mol. The molecule has 0 aliphatic carbocycles. The van der Waals surface area contributed by atoms with Crippen molar-refractivity contribution < 1.29 is 18.8 Å². The minimum absolute atomic E-state index is 0.239. The molecule has 0 spiro atoms. The van der Waals surface area contributed by atoms with Crippen molar-refractivity contribution in [1.82, 2.24) is 0 Å². The van der Waals surface area contributed by atoms with Crippen LogP contribution in [0.25, 0.3) is 0 Å². The standard InChI is InChI=1S/C10H10BrFN2O4/c1-5(10(15)18-2)13-9-7(12)3-6(11)4-8(9)14(16)17/h3-5,13H,1-2H3. The van der Waals surface area contributed by atoms with Crippen molar-refractivity contribution in [2.75, 3.05) is 12.4 Å². The second-order valence-corrected chi connectivity index (χ2v) is 4.34. The Morgan fingerprint density at radius 2 is 2.22 bits per heavy atom. The van der Waals surface area contributed by atoms with E-state index in [1.807, 2.05) is 0 Å². The van der Waals surface area contributed by atoms with Gasteiger partial charge in [-0.15, -0.1) is 0 Å². The lowest BCUT2D eigenvalue weighted by molar-refractivity contribution is -0.384. The van der Waals surface area contributed by atoms with Crippen LogP contribution in [0, 0.1) is 15.9 Å². The summed E-state index contributed by atoms with van der Waals surface area (Å²) in [4.78, 5) is 21.3. The fourth-order valence-electron chi connectivity index (χ4n) is 1.30. The van der Waals surface area contributed by atoms with Crippen molar-refractivity contribution >= 4 is 33.3 Å². The summed E-state index contributed by atoms with van der Waals surface area (Å²) >= 11 is 2.96. The number of esters is 1. The van der Waals surface area contributed by atoms with Gasteiger partial charge in [0, 0.05) is 10.5 Å². The molecule has 0 radical (unpaired) electrons. The van der Waals surface area contributed by atoms with E-state index in [4.69, 9.17) is 0 Å². The Bertz CT molecular complexity index is 495. The molecule has 8 heteroatoms. The Morgan fingerprint density at radius 3 is 2.72 bits per heavy atom. The highest BCUT2D eigenvalue weighted by atomic mass is 79.9. The first-order valence-corrected chi connectivity index (χ1v) is 5.64. The maximum atomic E-state index is 13.6. The van der Waals surface area contributed by atoms with Crippen molar-refractivity contribution in [2.45, 2.75) is 13.0 Å². The number of ether oxygens (including phenoxy) is 1. The summed E-state index contributed by atoms with van der Waals surface area (Å²) in [6, 6.07) is 1.32. The Kier molecular flexibility index (Phi) is 4.60. The average Bonchev–Trinajstić information content (AvgIpc) is 2.30. The van der Waals surface area contributed by atoms with Crippen LogP contribution in [0.1, 0.15) is 6.92 Å². The van der Waals surface area contributed by atoms with Gasteiger partial charge in [-0.1, -0.05) is 15.9 Å². The smallest absolute Gasteiger partial charge is 0.327 e. The summed E-state index contributed by atoms with van der Waals surface area (Å²) in [5.74, 6) is -1.47. The summed E-state index contributed by atoms with van der Waals surface area (Å²) in [5, 5.41) is 13.2. The molecule has 0 aromatic heterocycles. The van der Waals surface area contributed by atoms with Gasteiger partial charge < -0.3 is 10.1 Å². The molecule has 1 N–H and O–H groups in total. The van der Waals surface area contributed by atoms with Crippen LogP contribution in [-0.2, 0) is 9.53 Å². The summed E-state index contributed by atoms with van der Waals surface area (Å²) in [7, 11) is 1.17. The summed E-state index contributed by atoms with van der Waals surface area (Å²) in [5.41, 5.74) is -0.807. The van der Waals surface area contributed by atoms with Crippen molar-refractivity contribution in [3.05, 3.63) is 32.5 Å².